The molecule has 3 saturated heterocycles. The number of carbonyl (C=O) groups is 3. The number of rotatable bonds is 8. The van der Waals surface area contributed by atoms with E-state index >= 15 is 0 Å². The molecule has 0 bridgehead atoms. The molecule has 3 aromatic carbocycles. The molecular weight excluding hydrogens is 717 g/mol. The molecule has 0 aliphatic carbocycles. The van der Waals surface area contributed by atoms with Crippen molar-refractivity contribution >= 4 is 17.9 Å². The smallest absolute Gasteiger partial charge is 0.407 e. The molecule has 0 spiro atoms. The Morgan fingerprint density at radius 2 is 1.25 bits per heavy atom. The number of imidazole rings is 2. The zero-order valence-electron chi connectivity index (χ0n) is 32.4. The Hall–Kier alpha value is -6.19. The van der Waals surface area contributed by atoms with Gasteiger partial charge in [-0.2, -0.15) is 0 Å². The SMILES string of the molecule is COC(=O)N[C@@H](C(=O)N1CCC[C@H]1c1ncc(-c2ccc(C#Cc3ccc(-c4cnc([C@@H]5CCCN5C(=O)C5CCN(C)CC5)[nH]4)cc3)cc2)[nH]1)c1ccccc1. The molecule has 292 valence electrons. The topological polar surface area (TPSA) is 140 Å². The number of methoxy groups -OCH3 is 1. The number of alkyl carbamates (subject to hydrolysis) is 1. The summed E-state index contributed by atoms with van der Waals surface area (Å²) in [5.41, 5.74) is 6.23. The predicted octanol–water partition coefficient (Wildman–Crippen LogP) is 6.63. The Labute approximate surface area is 333 Å². The van der Waals surface area contributed by atoms with E-state index in [4.69, 9.17) is 9.72 Å². The number of likely N-dealkylation sites (tertiary alicyclic amines) is 3. The fraction of sp³-hybridized carbons (Fsp3) is 0.356. The lowest BCUT2D eigenvalue weighted by atomic mass is 9.95. The van der Waals surface area contributed by atoms with Crippen molar-refractivity contribution in [3.05, 3.63) is 120 Å². The number of hydrogen-bond donors (Lipinski definition) is 3. The van der Waals surface area contributed by atoms with Crippen LogP contribution < -0.4 is 5.32 Å². The Morgan fingerprint density at radius 1 is 0.719 bits per heavy atom. The van der Waals surface area contributed by atoms with Gasteiger partial charge in [-0.3, -0.25) is 9.59 Å². The van der Waals surface area contributed by atoms with Crippen LogP contribution in [0.15, 0.2) is 91.3 Å². The molecule has 57 heavy (non-hydrogen) atoms. The highest BCUT2D eigenvalue weighted by Crippen LogP contribution is 2.36. The summed E-state index contributed by atoms with van der Waals surface area (Å²) in [6.45, 7) is 3.31. The van der Waals surface area contributed by atoms with Crippen molar-refractivity contribution in [2.24, 2.45) is 5.92 Å². The molecular formula is C45H48N8O4. The molecule has 2 aromatic heterocycles. The summed E-state index contributed by atoms with van der Waals surface area (Å²) in [5, 5.41) is 2.71. The zero-order valence-corrected chi connectivity index (χ0v) is 32.4. The Bertz CT molecular complexity index is 2250. The summed E-state index contributed by atoms with van der Waals surface area (Å²) in [6, 6.07) is 24.2. The Balaban J connectivity index is 0.892. The van der Waals surface area contributed by atoms with Crippen LogP contribution in [0.25, 0.3) is 22.5 Å². The number of aromatic amines is 2. The fourth-order valence-corrected chi connectivity index (χ4v) is 8.31. The predicted molar refractivity (Wildman–Crippen MR) is 216 cm³/mol. The standard InChI is InChI=1S/C45H48N8O4/c1-51-26-22-35(23-27-51)43(54)52-24-6-10-38(52)41-46-28-36(48-41)32-18-14-30(15-19-32)12-13-31-16-20-33(21-17-31)37-29-47-42(49-37)39-11-7-25-53(39)44(55)40(50-45(56)57-2)34-8-4-3-5-9-34/h3-5,8-9,14-21,28-29,35,38-40H,6-7,10-11,22-27H2,1-2H3,(H,46,48)(H,47,49)(H,50,56)/t38-,39-,40+/m0/s1. The van der Waals surface area contributed by atoms with Crippen LogP contribution in [-0.2, 0) is 14.3 Å². The van der Waals surface area contributed by atoms with E-state index < -0.39 is 12.1 Å². The van der Waals surface area contributed by atoms with Crippen LogP contribution in [0.4, 0.5) is 4.79 Å². The van der Waals surface area contributed by atoms with Crippen LogP contribution >= 0.6 is 0 Å². The van der Waals surface area contributed by atoms with Crippen molar-refractivity contribution in [1.29, 1.82) is 0 Å². The summed E-state index contributed by atoms with van der Waals surface area (Å²) in [7, 11) is 3.41. The average molecular weight is 765 g/mol. The molecule has 0 saturated carbocycles. The Kier molecular flexibility index (Phi) is 11.2. The van der Waals surface area contributed by atoms with E-state index in [1.54, 1.807) is 11.1 Å². The first kappa shape index (κ1) is 37.7. The summed E-state index contributed by atoms with van der Waals surface area (Å²) in [6.07, 6.45) is 8.37. The number of nitrogens with zero attached hydrogens (tertiary/aromatic N) is 5. The second kappa shape index (κ2) is 16.9. The molecule has 0 unspecified atom stereocenters. The van der Waals surface area contributed by atoms with Crippen molar-refractivity contribution < 1.29 is 19.1 Å². The molecule has 3 aliphatic heterocycles. The number of nitrogens with one attached hydrogen (secondary N) is 3. The number of amides is 3. The lowest BCUT2D eigenvalue weighted by Crippen LogP contribution is -2.42. The first-order valence-corrected chi connectivity index (χ1v) is 19.9. The third kappa shape index (κ3) is 8.34. The van der Waals surface area contributed by atoms with E-state index in [-0.39, 0.29) is 29.8 Å². The van der Waals surface area contributed by atoms with Gasteiger partial charge in [0.2, 0.25) is 5.91 Å². The van der Waals surface area contributed by atoms with Gasteiger partial charge in [0.25, 0.3) is 5.91 Å². The summed E-state index contributed by atoms with van der Waals surface area (Å²) in [5.74, 6) is 8.31. The fourth-order valence-electron chi connectivity index (χ4n) is 8.31. The number of H-pyrrole nitrogens is 2. The second-order valence-electron chi connectivity index (χ2n) is 15.2. The minimum absolute atomic E-state index is 0.00235. The largest absolute Gasteiger partial charge is 0.453 e. The van der Waals surface area contributed by atoms with Crippen molar-refractivity contribution in [2.45, 2.75) is 56.7 Å². The monoisotopic (exact) mass is 764 g/mol. The second-order valence-corrected chi connectivity index (χ2v) is 15.2. The number of aromatic nitrogens is 4. The van der Waals surface area contributed by atoms with Crippen LogP contribution in [0.1, 0.15) is 85.0 Å². The van der Waals surface area contributed by atoms with Gasteiger partial charge in [-0.1, -0.05) is 66.4 Å². The van der Waals surface area contributed by atoms with Gasteiger partial charge in [0.15, 0.2) is 0 Å². The minimum Gasteiger partial charge on any atom is -0.453 e. The maximum atomic E-state index is 13.9. The van der Waals surface area contributed by atoms with Gasteiger partial charge in [-0.15, -0.1) is 0 Å². The first-order chi connectivity index (χ1) is 27.8. The third-order valence-corrected chi connectivity index (χ3v) is 11.5. The van der Waals surface area contributed by atoms with Crippen molar-refractivity contribution in [3.63, 3.8) is 0 Å². The molecule has 3 amide bonds. The molecule has 3 N–H and O–H groups in total. The molecule has 5 heterocycles. The normalized spacial score (nSPS) is 19.2. The van der Waals surface area contributed by atoms with E-state index in [0.717, 1.165) is 97.6 Å². The van der Waals surface area contributed by atoms with E-state index in [1.807, 2.05) is 85.1 Å². The lowest BCUT2D eigenvalue weighted by Gasteiger charge is -2.32. The summed E-state index contributed by atoms with van der Waals surface area (Å²) in [4.78, 5) is 62.0. The van der Waals surface area contributed by atoms with Crippen molar-refractivity contribution in [3.8, 4) is 34.4 Å². The van der Waals surface area contributed by atoms with Crippen molar-refractivity contribution in [2.75, 3.05) is 40.3 Å². The maximum Gasteiger partial charge on any atom is 0.407 e. The molecule has 5 aromatic rings. The van der Waals surface area contributed by atoms with Gasteiger partial charge < -0.3 is 34.7 Å². The molecule has 12 heteroatoms. The van der Waals surface area contributed by atoms with Crippen LogP contribution in [0.3, 0.4) is 0 Å². The maximum absolute atomic E-state index is 13.9. The molecule has 3 aliphatic rings. The highest BCUT2D eigenvalue weighted by molar-refractivity contribution is 5.87. The molecule has 0 radical (unpaired) electrons. The van der Waals surface area contributed by atoms with Gasteiger partial charge in [-0.05, 0) is 99.6 Å². The molecule has 8 rings (SSSR count). The van der Waals surface area contributed by atoms with E-state index in [9.17, 15) is 14.4 Å². The average Bonchev–Trinajstić information content (AvgIpc) is 4.10. The van der Waals surface area contributed by atoms with Gasteiger partial charge >= 0.3 is 6.09 Å². The van der Waals surface area contributed by atoms with E-state index in [0.29, 0.717) is 17.9 Å². The highest BCUT2D eigenvalue weighted by atomic mass is 16.5. The van der Waals surface area contributed by atoms with Crippen LogP contribution in [0.5, 0.6) is 0 Å². The first-order valence-electron chi connectivity index (χ1n) is 19.9. The molecule has 3 atom stereocenters. The van der Waals surface area contributed by atoms with E-state index in [2.05, 4.69) is 49.0 Å². The zero-order chi connectivity index (χ0) is 39.3. The number of piperidine rings is 1. The number of hydrogen-bond acceptors (Lipinski definition) is 7. The van der Waals surface area contributed by atoms with Gasteiger partial charge in [0.1, 0.15) is 17.7 Å². The van der Waals surface area contributed by atoms with Gasteiger partial charge in [-0.25, -0.2) is 14.8 Å². The van der Waals surface area contributed by atoms with Crippen molar-refractivity contribution in [1.82, 2.24) is 40.0 Å². The van der Waals surface area contributed by atoms with E-state index in [1.165, 1.54) is 7.11 Å². The van der Waals surface area contributed by atoms with Crippen LogP contribution in [0.2, 0.25) is 0 Å². The summed E-state index contributed by atoms with van der Waals surface area (Å²) >= 11 is 0. The highest BCUT2D eigenvalue weighted by Gasteiger charge is 2.38. The van der Waals surface area contributed by atoms with Crippen LogP contribution in [0, 0.1) is 17.8 Å². The summed E-state index contributed by atoms with van der Waals surface area (Å²) < 4.78 is 4.82. The van der Waals surface area contributed by atoms with Crippen LogP contribution in [-0.4, -0.2) is 92.9 Å². The number of benzene rings is 3. The Morgan fingerprint density at radius 3 is 1.79 bits per heavy atom. The lowest BCUT2D eigenvalue weighted by molar-refractivity contribution is -0.138. The quantitative estimate of drug-likeness (QED) is 0.151. The number of carbonyl (C=O) groups excluding carboxylic acids is 3. The van der Waals surface area contributed by atoms with Gasteiger partial charge in [0.05, 0.1) is 43.0 Å². The minimum atomic E-state index is -0.870. The number of ether oxygens (including phenoxy) is 1. The third-order valence-electron chi connectivity index (χ3n) is 11.5. The molecule has 12 nitrogen and oxygen atoms in total. The molecule has 3 fully saturated rings. The van der Waals surface area contributed by atoms with Gasteiger partial charge in [0, 0.05) is 30.1 Å².